The van der Waals surface area contributed by atoms with Crippen LogP contribution in [0.15, 0.2) is 18.2 Å². The number of aliphatic hydroxyl groups is 2. The van der Waals surface area contributed by atoms with Crippen molar-refractivity contribution in [2.45, 2.75) is 26.0 Å². The van der Waals surface area contributed by atoms with Crippen molar-refractivity contribution in [3.05, 3.63) is 23.8 Å². The van der Waals surface area contributed by atoms with Gasteiger partial charge in [0, 0.05) is 18.2 Å². The lowest BCUT2D eigenvalue weighted by Crippen LogP contribution is -2.43. The van der Waals surface area contributed by atoms with E-state index in [0.717, 1.165) is 0 Å². The van der Waals surface area contributed by atoms with Crippen LogP contribution in [-0.2, 0) is 0 Å². The van der Waals surface area contributed by atoms with E-state index in [1.807, 2.05) is 13.8 Å². The molecule has 6 heteroatoms. The highest BCUT2D eigenvalue weighted by Gasteiger charge is 2.23. The normalized spacial score (nSPS) is 14.9. The molecule has 1 amide bonds. The molecular formula is C15H21NO5. The summed E-state index contributed by atoms with van der Waals surface area (Å²) in [5.41, 5.74) is 0.470. The van der Waals surface area contributed by atoms with Crippen LogP contribution in [0.3, 0.4) is 0 Å². The van der Waals surface area contributed by atoms with Crippen molar-refractivity contribution in [2.24, 2.45) is 0 Å². The Morgan fingerprint density at radius 2 is 1.95 bits per heavy atom. The van der Waals surface area contributed by atoms with E-state index in [0.29, 0.717) is 30.3 Å². The fourth-order valence-corrected chi connectivity index (χ4v) is 2.16. The number of rotatable bonds is 5. The third-order valence-corrected chi connectivity index (χ3v) is 3.29. The number of carbonyl (C=O) groups excluding carboxylic acids is 1. The minimum absolute atomic E-state index is 0.0848. The van der Waals surface area contributed by atoms with Crippen molar-refractivity contribution >= 4 is 5.91 Å². The molecule has 1 heterocycles. The lowest BCUT2D eigenvalue weighted by Gasteiger charge is -2.29. The summed E-state index contributed by atoms with van der Waals surface area (Å²) in [4.78, 5) is 14.1. The molecule has 0 aromatic heterocycles. The number of hydrogen-bond donors (Lipinski definition) is 2. The molecule has 0 fully saturated rings. The van der Waals surface area contributed by atoms with Crippen LogP contribution in [0.1, 0.15) is 24.2 Å². The summed E-state index contributed by atoms with van der Waals surface area (Å²) in [6, 6.07) is 4.95. The topological polar surface area (TPSA) is 79.2 Å². The third kappa shape index (κ3) is 3.65. The van der Waals surface area contributed by atoms with Gasteiger partial charge in [-0.15, -0.1) is 0 Å². The van der Waals surface area contributed by atoms with Crippen LogP contribution < -0.4 is 9.47 Å². The molecule has 1 aromatic rings. The predicted octanol–water partition coefficient (Wildman–Crippen LogP) is 0.662. The average molecular weight is 295 g/mol. The first-order valence-corrected chi connectivity index (χ1v) is 7.02. The first kappa shape index (κ1) is 15.6. The van der Waals surface area contributed by atoms with Crippen molar-refractivity contribution in [3.8, 4) is 11.5 Å². The van der Waals surface area contributed by atoms with E-state index in [-0.39, 0.29) is 25.1 Å². The highest BCUT2D eigenvalue weighted by atomic mass is 16.6. The lowest BCUT2D eigenvalue weighted by molar-refractivity contribution is 0.0386. The zero-order valence-electron chi connectivity index (χ0n) is 12.3. The molecule has 0 saturated carbocycles. The predicted molar refractivity (Wildman–Crippen MR) is 76.7 cm³/mol. The van der Waals surface area contributed by atoms with Crippen LogP contribution in [-0.4, -0.2) is 59.5 Å². The van der Waals surface area contributed by atoms with Crippen molar-refractivity contribution in [3.63, 3.8) is 0 Å². The molecule has 2 rings (SSSR count). The van der Waals surface area contributed by atoms with Gasteiger partial charge in [-0.2, -0.15) is 0 Å². The monoisotopic (exact) mass is 295 g/mol. The summed E-state index contributed by atoms with van der Waals surface area (Å²) in [5.74, 6) is 0.970. The summed E-state index contributed by atoms with van der Waals surface area (Å²) in [6.45, 7) is 4.39. The molecule has 1 atom stereocenters. The Morgan fingerprint density at radius 1 is 1.29 bits per heavy atom. The van der Waals surface area contributed by atoms with Crippen molar-refractivity contribution in [2.75, 3.05) is 26.4 Å². The number of benzene rings is 1. The SMILES string of the molecule is CC(C)N(CC(O)CO)C(=O)c1ccc2c(c1)OCCO2. The second kappa shape index (κ2) is 6.78. The zero-order chi connectivity index (χ0) is 15.4. The molecule has 0 aliphatic carbocycles. The van der Waals surface area contributed by atoms with Crippen molar-refractivity contribution < 1.29 is 24.5 Å². The van der Waals surface area contributed by atoms with Crippen LogP contribution in [0.25, 0.3) is 0 Å². The quantitative estimate of drug-likeness (QED) is 0.834. The van der Waals surface area contributed by atoms with Gasteiger partial charge in [0.15, 0.2) is 11.5 Å². The number of fused-ring (bicyclic) bond motifs is 1. The van der Waals surface area contributed by atoms with Gasteiger partial charge in [0.05, 0.1) is 12.7 Å². The minimum Gasteiger partial charge on any atom is -0.486 e. The summed E-state index contributed by atoms with van der Waals surface area (Å²) in [6.07, 6.45) is -0.950. The Labute approximate surface area is 123 Å². The van der Waals surface area contributed by atoms with E-state index < -0.39 is 6.10 Å². The van der Waals surface area contributed by atoms with Crippen LogP contribution in [0, 0.1) is 0 Å². The second-order valence-corrected chi connectivity index (χ2v) is 5.25. The van der Waals surface area contributed by atoms with E-state index in [4.69, 9.17) is 14.6 Å². The van der Waals surface area contributed by atoms with E-state index in [2.05, 4.69) is 0 Å². The molecule has 1 aliphatic heterocycles. The average Bonchev–Trinajstić information content (AvgIpc) is 2.50. The van der Waals surface area contributed by atoms with Crippen LogP contribution in [0.5, 0.6) is 11.5 Å². The summed E-state index contributed by atoms with van der Waals surface area (Å²) >= 11 is 0. The molecule has 2 N–H and O–H groups in total. The Hall–Kier alpha value is -1.79. The maximum Gasteiger partial charge on any atom is 0.254 e. The molecule has 0 bridgehead atoms. The number of aliphatic hydroxyl groups excluding tert-OH is 2. The van der Waals surface area contributed by atoms with Crippen molar-refractivity contribution in [1.82, 2.24) is 4.90 Å². The molecule has 6 nitrogen and oxygen atoms in total. The Bertz CT molecular complexity index is 503. The van der Waals surface area contributed by atoms with Gasteiger partial charge in [-0.25, -0.2) is 0 Å². The van der Waals surface area contributed by atoms with E-state index >= 15 is 0 Å². The summed E-state index contributed by atoms with van der Waals surface area (Å²) in [7, 11) is 0. The van der Waals surface area contributed by atoms with Gasteiger partial charge in [-0.1, -0.05) is 0 Å². The minimum atomic E-state index is -0.950. The Morgan fingerprint density at radius 3 is 2.57 bits per heavy atom. The standard InChI is InChI=1S/C15H21NO5/c1-10(2)16(8-12(18)9-17)15(19)11-3-4-13-14(7-11)21-6-5-20-13/h3-4,7,10,12,17-18H,5-6,8-9H2,1-2H3. The van der Waals surface area contributed by atoms with Gasteiger partial charge >= 0.3 is 0 Å². The molecule has 21 heavy (non-hydrogen) atoms. The summed E-state index contributed by atoms with van der Waals surface area (Å²) < 4.78 is 10.9. The lowest BCUT2D eigenvalue weighted by atomic mass is 10.1. The zero-order valence-corrected chi connectivity index (χ0v) is 12.3. The molecular weight excluding hydrogens is 274 g/mol. The molecule has 116 valence electrons. The molecule has 0 spiro atoms. The maximum absolute atomic E-state index is 12.6. The fraction of sp³-hybridized carbons (Fsp3) is 0.533. The number of hydrogen-bond acceptors (Lipinski definition) is 5. The fourth-order valence-electron chi connectivity index (χ4n) is 2.16. The van der Waals surface area contributed by atoms with E-state index in [1.165, 1.54) is 4.90 Å². The van der Waals surface area contributed by atoms with Crippen LogP contribution >= 0.6 is 0 Å². The van der Waals surface area contributed by atoms with Crippen LogP contribution in [0.4, 0.5) is 0 Å². The smallest absolute Gasteiger partial charge is 0.254 e. The number of carbonyl (C=O) groups is 1. The molecule has 1 aliphatic rings. The largest absolute Gasteiger partial charge is 0.486 e. The Balaban J connectivity index is 2.20. The van der Waals surface area contributed by atoms with Crippen LogP contribution in [0.2, 0.25) is 0 Å². The maximum atomic E-state index is 12.6. The first-order chi connectivity index (χ1) is 10.0. The molecule has 1 aromatic carbocycles. The van der Waals surface area contributed by atoms with E-state index in [9.17, 15) is 9.90 Å². The third-order valence-electron chi connectivity index (χ3n) is 3.29. The number of amides is 1. The highest BCUT2D eigenvalue weighted by Crippen LogP contribution is 2.31. The van der Waals surface area contributed by atoms with Gasteiger partial charge in [0.2, 0.25) is 0 Å². The second-order valence-electron chi connectivity index (χ2n) is 5.25. The summed E-state index contributed by atoms with van der Waals surface area (Å²) in [5, 5.41) is 18.5. The number of ether oxygens (including phenoxy) is 2. The highest BCUT2D eigenvalue weighted by molar-refractivity contribution is 5.95. The van der Waals surface area contributed by atoms with Gasteiger partial charge < -0.3 is 24.6 Å². The molecule has 1 unspecified atom stereocenters. The van der Waals surface area contributed by atoms with Gasteiger partial charge in [0.1, 0.15) is 13.2 Å². The number of nitrogens with zero attached hydrogens (tertiary/aromatic N) is 1. The molecule has 0 radical (unpaired) electrons. The molecule has 0 saturated heterocycles. The first-order valence-electron chi connectivity index (χ1n) is 7.02. The van der Waals surface area contributed by atoms with E-state index in [1.54, 1.807) is 18.2 Å². The van der Waals surface area contributed by atoms with Gasteiger partial charge in [-0.3, -0.25) is 4.79 Å². The van der Waals surface area contributed by atoms with Gasteiger partial charge in [-0.05, 0) is 32.0 Å². The van der Waals surface area contributed by atoms with Crippen molar-refractivity contribution in [1.29, 1.82) is 0 Å². The van der Waals surface area contributed by atoms with Gasteiger partial charge in [0.25, 0.3) is 5.91 Å². The Kier molecular flexibility index (Phi) is 5.03.